The maximum absolute atomic E-state index is 12.0. The second kappa shape index (κ2) is 8.14. The second-order valence-corrected chi connectivity index (χ2v) is 7.89. The highest BCUT2D eigenvalue weighted by Crippen LogP contribution is 2.34. The molecule has 2 aromatic heterocycles. The fourth-order valence-electron chi connectivity index (χ4n) is 3.06. The van der Waals surface area contributed by atoms with Crippen molar-refractivity contribution in [3.63, 3.8) is 0 Å². The number of carbonyl (C=O) groups excluding carboxylic acids is 1. The zero-order chi connectivity index (χ0) is 16.9. The minimum atomic E-state index is 0.110. The molecule has 0 aliphatic carbocycles. The summed E-state index contributed by atoms with van der Waals surface area (Å²) in [6.45, 7) is 8.39. The van der Waals surface area contributed by atoms with E-state index in [0.29, 0.717) is 19.7 Å². The largest absolute Gasteiger partial charge is 0.380 e. The molecule has 0 saturated heterocycles. The average molecular weight is 365 g/mol. The van der Waals surface area contributed by atoms with Crippen LogP contribution in [0.1, 0.15) is 29.3 Å². The van der Waals surface area contributed by atoms with Gasteiger partial charge in [0.05, 0.1) is 18.8 Å². The minimum absolute atomic E-state index is 0.110. The third-order valence-corrected chi connectivity index (χ3v) is 6.10. The fraction of sp³-hybridized carbons (Fsp3) is 0.500. The lowest BCUT2D eigenvalue weighted by Crippen LogP contribution is -2.31. The zero-order valence-electron chi connectivity index (χ0n) is 14.3. The van der Waals surface area contributed by atoms with E-state index in [1.54, 1.807) is 29.6 Å². The van der Waals surface area contributed by atoms with E-state index in [1.165, 1.54) is 21.7 Å². The molecule has 1 aliphatic heterocycles. The number of fused-ring (bicyclic) bond motifs is 1. The second-order valence-electron chi connectivity index (χ2n) is 6.15. The van der Waals surface area contributed by atoms with Crippen LogP contribution < -0.4 is 4.90 Å². The van der Waals surface area contributed by atoms with Crippen molar-refractivity contribution in [1.29, 1.82) is 0 Å². The monoisotopic (exact) mass is 364 g/mol. The molecule has 0 aromatic carbocycles. The highest BCUT2D eigenvalue weighted by Gasteiger charge is 2.20. The molecular weight excluding hydrogens is 340 g/mol. The highest BCUT2D eigenvalue weighted by molar-refractivity contribution is 7.10. The van der Waals surface area contributed by atoms with E-state index in [4.69, 9.17) is 4.74 Å². The van der Waals surface area contributed by atoms with Crippen LogP contribution in [0.4, 0.5) is 5.69 Å². The zero-order valence-corrected chi connectivity index (χ0v) is 15.9. The summed E-state index contributed by atoms with van der Waals surface area (Å²) in [5, 5.41) is 6.56. The fourth-order valence-corrected chi connectivity index (χ4v) is 4.78. The Kier molecular flexibility index (Phi) is 5.92. The molecule has 6 heteroatoms. The van der Waals surface area contributed by atoms with E-state index in [9.17, 15) is 4.79 Å². The number of ether oxygens (including phenoxy) is 1. The molecule has 0 N–H and O–H groups in total. The Morgan fingerprint density at radius 1 is 1.29 bits per heavy atom. The molecular formula is C18H24N2O2S2. The van der Waals surface area contributed by atoms with Crippen LogP contribution in [0.5, 0.6) is 0 Å². The molecule has 24 heavy (non-hydrogen) atoms. The van der Waals surface area contributed by atoms with Gasteiger partial charge in [0.15, 0.2) is 0 Å². The number of hydrogen-bond acceptors (Lipinski definition) is 5. The predicted octanol–water partition coefficient (Wildman–Crippen LogP) is 3.89. The minimum Gasteiger partial charge on any atom is -0.380 e. The topological polar surface area (TPSA) is 32.8 Å². The molecule has 0 spiro atoms. The van der Waals surface area contributed by atoms with E-state index < -0.39 is 0 Å². The molecule has 0 radical (unpaired) electrons. The van der Waals surface area contributed by atoms with Gasteiger partial charge in [-0.15, -0.1) is 11.3 Å². The number of hydrogen-bond donors (Lipinski definition) is 0. The summed E-state index contributed by atoms with van der Waals surface area (Å²) in [6.07, 6.45) is 0.999. The summed E-state index contributed by atoms with van der Waals surface area (Å²) in [4.78, 5) is 17.6. The molecule has 1 aliphatic rings. The lowest BCUT2D eigenvalue weighted by molar-refractivity contribution is -0.130. The number of aryl methyl sites for hydroxylation is 1. The maximum Gasteiger partial charge on any atom is 0.219 e. The molecule has 0 unspecified atom stereocenters. The molecule has 0 fully saturated rings. The average Bonchev–Trinajstić information content (AvgIpc) is 3.16. The van der Waals surface area contributed by atoms with Crippen LogP contribution in [0, 0.1) is 6.92 Å². The van der Waals surface area contributed by atoms with Crippen LogP contribution in [0.15, 0.2) is 22.2 Å². The Morgan fingerprint density at radius 2 is 2.17 bits per heavy atom. The summed E-state index contributed by atoms with van der Waals surface area (Å²) in [7, 11) is 0. The number of thiophene rings is 2. The SMILES string of the molecule is CC(=O)N1CCOCCCN(Cc2ccsc2)c2c(C)csc2C1. The first kappa shape index (κ1) is 17.5. The summed E-state index contributed by atoms with van der Waals surface area (Å²) in [5.74, 6) is 0.110. The third kappa shape index (κ3) is 4.18. The highest BCUT2D eigenvalue weighted by atomic mass is 32.1. The van der Waals surface area contributed by atoms with Crippen molar-refractivity contribution in [3.8, 4) is 0 Å². The van der Waals surface area contributed by atoms with Crippen LogP contribution >= 0.6 is 22.7 Å². The molecule has 2 aromatic rings. The van der Waals surface area contributed by atoms with Gasteiger partial charge in [0.25, 0.3) is 0 Å². The van der Waals surface area contributed by atoms with E-state index >= 15 is 0 Å². The van der Waals surface area contributed by atoms with Gasteiger partial charge in [0, 0.05) is 38.0 Å². The number of nitrogens with zero attached hydrogens (tertiary/aromatic N) is 2. The standard InChI is InChI=1S/C18H24N2O2S2/c1-14-12-24-17-11-19(15(2)21)6-8-22-7-3-5-20(18(14)17)10-16-4-9-23-13-16/h4,9,12-13H,3,5-8,10-11H2,1-2H3. The van der Waals surface area contributed by atoms with Crippen molar-refractivity contribution >= 4 is 34.3 Å². The lowest BCUT2D eigenvalue weighted by Gasteiger charge is -2.27. The number of anilines is 1. The van der Waals surface area contributed by atoms with Crippen molar-refractivity contribution in [2.45, 2.75) is 33.4 Å². The molecule has 0 atom stereocenters. The van der Waals surface area contributed by atoms with Crippen LogP contribution in [-0.2, 0) is 22.6 Å². The third-order valence-electron chi connectivity index (χ3n) is 4.29. The van der Waals surface area contributed by atoms with Crippen molar-refractivity contribution in [3.05, 3.63) is 38.2 Å². The van der Waals surface area contributed by atoms with Gasteiger partial charge in [-0.3, -0.25) is 4.79 Å². The Hall–Kier alpha value is -1.37. The smallest absolute Gasteiger partial charge is 0.219 e. The first-order valence-electron chi connectivity index (χ1n) is 8.31. The van der Waals surface area contributed by atoms with Crippen LogP contribution in [-0.4, -0.2) is 37.1 Å². The lowest BCUT2D eigenvalue weighted by atomic mass is 10.2. The van der Waals surface area contributed by atoms with Crippen molar-refractivity contribution in [1.82, 2.24) is 4.90 Å². The predicted molar refractivity (Wildman–Crippen MR) is 101 cm³/mol. The van der Waals surface area contributed by atoms with Crippen LogP contribution in [0.2, 0.25) is 0 Å². The van der Waals surface area contributed by atoms with Gasteiger partial charge in [-0.2, -0.15) is 11.3 Å². The van der Waals surface area contributed by atoms with Crippen LogP contribution in [0.25, 0.3) is 0 Å². The summed E-state index contributed by atoms with van der Waals surface area (Å²) < 4.78 is 5.72. The van der Waals surface area contributed by atoms with Crippen molar-refractivity contribution in [2.75, 3.05) is 31.2 Å². The van der Waals surface area contributed by atoms with Crippen molar-refractivity contribution < 1.29 is 9.53 Å². The molecule has 0 saturated carbocycles. The summed E-state index contributed by atoms with van der Waals surface area (Å²) >= 11 is 3.50. The Bertz CT molecular complexity index is 667. The van der Waals surface area contributed by atoms with Gasteiger partial charge in [0.2, 0.25) is 5.91 Å². The number of rotatable bonds is 2. The van der Waals surface area contributed by atoms with Gasteiger partial charge in [-0.25, -0.2) is 0 Å². The van der Waals surface area contributed by atoms with Crippen molar-refractivity contribution in [2.24, 2.45) is 0 Å². The van der Waals surface area contributed by atoms with Gasteiger partial charge >= 0.3 is 0 Å². The molecule has 130 valence electrons. The maximum atomic E-state index is 12.0. The summed E-state index contributed by atoms with van der Waals surface area (Å²) in [6, 6.07) is 2.19. The van der Waals surface area contributed by atoms with Gasteiger partial charge in [-0.1, -0.05) is 0 Å². The number of carbonyl (C=O) groups is 1. The summed E-state index contributed by atoms with van der Waals surface area (Å²) in [5.41, 5.74) is 3.95. The van der Waals surface area contributed by atoms with Crippen LogP contribution in [0.3, 0.4) is 0 Å². The van der Waals surface area contributed by atoms with E-state index in [2.05, 4.69) is 34.0 Å². The Labute approximate surface area is 151 Å². The quantitative estimate of drug-likeness (QED) is 0.810. The molecule has 1 amide bonds. The van der Waals surface area contributed by atoms with E-state index in [0.717, 1.165) is 26.1 Å². The molecule has 0 bridgehead atoms. The molecule has 3 heterocycles. The first-order valence-corrected chi connectivity index (χ1v) is 10.1. The molecule has 4 nitrogen and oxygen atoms in total. The Morgan fingerprint density at radius 3 is 2.92 bits per heavy atom. The Balaban J connectivity index is 1.91. The molecule has 3 rings (SSSR count). The van der Waals surface area contributed by atoms with Gasteiger partial charge < -0.3 is 14.5 Å². The van der Waals surface area contributed by atoms with E-state index in [-0.39, 0.29) is 5.91 Å². The van der Waals surface area contributed by atoms with E-state index in [1.807, 2.05) is 4.90 Å². The first-order chi connectivity index (χ1) is 11.6. The van der Waals surface area contributed by atoms with Gasteiger partial charge in [0.1, 0.15) is 0 Å². The number of amides is 1. The van der Waals surface area contributed by atoms with Gasteiger partial charge in [-0.05, 0) is 46.7 Å². The normalized spacial score (nSPS) is 16.6.